The highest BCUT2D eigenvalue weighted by molar-refractivity contribution is 9.10. The number of carbonyl (C=O) groups is 1. The Hall–Kier alpha value is -0.920. The zero-order valence-electron chi connectivity index (χ0n) is 12.8. The Labute approximate surface area is 141 Å². The van der Waals surface area contributed by atoms with Gasteiger partial charge in [0.1, 0.15) is 0 Å². The van der Waals surface area contributed by atoms with Crippen molar-refractivity contribution >= 4 is 31.9 Å². The predicted molar refractivity (Wildman–Crippen MR) is 91.7 cm³/mol. The molecule has 7 heteroatoms. The number of rotatable bonds is 10. The molecule has 124 valence electrons. The number of nitrogens with zero attached hydrogens (tertiary/aromatic N) is 1. The molecular formula is C15H23BrN2O3S. The molecule has 1 amide bonds. The van der Waals surface area contributed by atoms with E-state index >= 15 is 0 Å². The number of benzene rings is 1. The first-order chi connectivity index (χ1) is 10.3. The molecule has 0 atom stereocenters. The molecule has 0 aromatic heterocycles. The topological polar surface area (TPSA) is 80.5 Å². The second kappa shape index (κ2) is 9.27. The lowest BCUT2D eigenvalue weighted by Crippen LogP contribution is -2.39. The Morgan fingerprint density at radius 1 is 1.27 bits per heavy atom. The molecule has 5 nitrogen and oxygen atoms in total. The summed E-state index contributed by atoms with van der Waals surface area (Å²) < 4.78 is 27.1. The van der Waals surface area contributed by atoms with Gasteiger partial charge >= 0.3 is 0 Å². The SMILES string of the molecule is CCCCCCN(CC(N)=O)S(=O)(=O)Cc1cccc(Br)c1. The van der Waals surface area contributed by atoms with Gasteiger partial charge in [-0.15, -0.1) is 0 Å². The first-order valence-electron chi connectivity index (χ1n) is 7.35. The zero-order chi connectivity index (χ0) is 16.6. The van der Waals surface area contributed by atoms with Crippen molar-refractivity contribution in [3.8, 4) is 0 Å². The van der Waals surface area contributed by atoms with Crippen molar-refractivity contribution in [1.29, 1.82) is 0 Å². The number of nitrogens with two attached hydrogens (primary N) is 1. The molecule has 22 heavy (non-hydrogen) atoms. The molecule has 1 rings (SSSR count). The van der Waals surface area contributed by atoms with Crippen molar-refractivity contribution in [3.05, 3.63) is 34.3 Å². The fourth-order valence-corrected chi connectivity index (χ4v) is 4.10. The van der Waals surface area contributed by atoms with Gasteiger partial charge in [-0.25, -0.2) is 8.42 Å². The van der Waals surface area contributed by atoms with Gasteiger partial charge in [-0.2, -0.15) is 4.31 Å². The fraction of sp³-hybridized carbons (Fsp3) is 0.533. The summed E-state index contributed by atoms with van der Waals surface area (Å²) in [6, 6.07) is 7.13. The highest BCUT2D eigenvalue weighted by Gasteiger charge is 2.23. The largest absolute Gasteiger partial charge is 0.369 e. The number of unbranched alkanes of at least 4 members (excludes halogenated alkanes) is 3. The Morgan fingerprint density at radius 2 is 2.00 bits per heavy atom. The average molecular weight is 391 g/mol. The standard InChI is InChI=1S/C15H23BrN2O3S/c1-2-3-4-5-9-18(11-15(17)19)22(20,21)12-13-7-6-8-14(16)10-13/h6-8,10H,2-5,9,11-12H2,1H3,(H2,17,19). The molecule has 0 spiro atoms. The lowest BCUT2D eigenvalue weighted by atomic mass is 10.2. The summed E-state index contributed by atoms with van der Waals surface area (Å²) in [6.45, 7) is 2.16. The van der Waals surface area contributed by atoms with Crippen LogP contribution in [0.2, 0.25) is 0 Å². The van der Waals surface area contributed by atoms with Gasteiger partial charge in [0, 0.05) is 11.0 Å². The van der Waals surface area contributed by atoms with Crippen LogP contribution in [0.1, 0.15) is 38.2 Å². The van der Waals surface area contributed by atoms with Gasteiger partial charge in [0.15, 0.2) is 0 Å². The van der Waals surface area contributed by atoms with E-state index in [4.69, 9.17) is 5.73 Å². The van der Waals surface area contributed by atoms with Gasteiger partial charge in [0.05, 0.1) is 12.3 Å². The first-order valence-corrected chi connectivity index (χ1v) is 9.76. The number of sulfonamides is 1. The predicted octanol–water partition coefficient (Wildman–Crippen LogP) is 2.65. The third kappa shape index (κ3) is 6.89. The highest BCUT2D eigenvalue weighted by Crippen LogP contribution is 2.16. The van der Waals surface area contributed by atoms with E-state index in [1.54, 1.807) is 18.2 Å². The maximum Gasteiger partial charge on any atom is 0.232 e. The molecule has 0 fully saturated rings. The second-order valence-corrected chi connectivity index (χ2v) is 8.13. The number of carbonyl (C=O) groups excluding carboxylic acids is 1. The summed E-state index contributed by atoms with van der Waals surface area (Å²) in [5.41, 5.74) is 5.86. The summed E-state index contributed by atoms with van der Waals surface area (Å²) in [4.78, 5) is 11.2. The van der Waals surface area contributed by atoms with E-state index in [1.807, 2.05) is 6.07 Å². The molecule has 1 aromatic rings. The van der Waals surface area contributed by atoms with Crippen LogP contribution in [-0.4, -0.2) is 31.7 Å². The summed E-state index contributed by atoms with van der Waals surface area (Å²) in [6.07, 6.45) is 3.80. The summed E-state index contributed by atoms with van der Waals surface area (Å²) in [5.74, 6) is -0.763. The minimum atomic E-state index is -3.56. The molecule has 1 aromatic carbocycles. The molecule has 0 heterocycles. The number of hydrogen-bond donors (Lipinski definition) is 1. The van der Waals surface area contributed by atoms with E-state index in [0.29, 0.717) is 12.1 Å². The zero-order valence-corrected chi connectivity index (χ0v) is 15.2. The quantitative estimate of drug-likeness (QED) is 0.623. The molecule has 2 N–H and O–H groups in total. The molecule has 0 aliphatic rings. The lowest BCUT2D eigenvalue weighted by molar-refractivity contribution is -0.118. The molecule has 0 radical (unpaired) electrons. The van der Waals surface area contributed by atoms with Crippen LogP contribution in [0.5, 0.6) is 0 Å². The molecular weight excluding hydrogens is 368 g/mol. The average Bonchev–Trinajstić information content (AvgIpc) is 2.41. The fourth-order valence-electron chi connectivity index (χ4n) is 2.13. The summed E-state index contributed by atoms with van der Waals surface area (Å²) >= 11 is 3.32. The third-order valence-corrected chi connectivity index (χ3v) is 5.51. The van der Waals surface area contributed by atoms with E-state index in [2.05, 4.69) is 22.9 Å². The Kier molecular flexibility index (Phi) is 8.06. The Morgan fingerprint density at radius 3 is 2.59 bits per heavy atom. The van der Waals surface area contributed by atoms with Gasteiger partial charge < -0.3 is 5.73 Å². The Balaban J connectivity index is 2.78. The van der Waals surface area contributed by atoms with Crippen molar-refractivity contribution in [3.63, 3.8) is 0 Å². The van der Waals surface area contributed by atoms with Gasteiger partial charge in [-0.1, -0.05) is 54.2 Å². The van der Waals surface area contributed by atoms with Gasteiger partial charge in [0.25, 0.3) is 0 Å². The maximum absolute atomic E-state index is 12.5. The second-order valence-electron chi connectivity index (χ2n) is 5.25. The molecule has 0 aliphatic heterocycles. The van der Waals surface area contributed by atoms with Crippen LogP contribution in [0.4, 0.5) is 0 Å². The maximum atomic E-state index is 12.5. The molecule has 0 unspecified atom stereocenters. The normalized spacial score (nSPS) is 11.8. The van der Waals surface area contributed by atoms with Crippen LogP contribution in [0.3, 0.4) is 0 Å². The van der Waals surface area contributed by atoms with Gasteiger partial charge in [-0.05, 0) is 24.1 Å². The number of halogens is 1. The first kappa shape index (κ1) is 19.1. The molecule has 0 aliphatic carbocycles. The molecule has 0 saturated carbocycles. The molecule has 0 bridgehead atoms. The monoisotopic (exact) mass is 390 g/mol. The van der Waals surface area contributed by atoms with E-state index in [0.717, 1.165) is 30.2 Å². The lowest BCUT2D eigenvalue weighted by Gasteiger charge is -2.21. The van der Waals surface area contributed by atoms with E-state index in [1.165, 1.54) is 4.31 Å². The van der Waals surface area contributed by atoms with Crippen molar-refractivity contribution in [2.24, 2.45) is 5.73 Å². The minimum Gasteiger partial charge on any atom is -0.369 e. The van der Waals surface area contributed by atoms with Crippen LogP contribution >= 0.6 is 15.9 Å². The summed E-state index contributed by atoms with van der Waals surface area (Å²) in [7, 11) is -3.56. The number of primary amides is 1. The third-order valence-electron chi connectivity index (χ3n) is 3.22. The minimum absolute atomic E-state index is 0.131. The summed E-state index contributed by atoms with van der Waals surface area (Å²) in [5, 5.41) is 0. The number of amides is 1. The van der Waals surface area contributed by atoms with Gasteiger partial charge in [-0.3, -0.25) is 4.79 Å². The van der Waals surface area contributed by atoms with Crippen LogP contribution < -0.4 is 5.73 Å². The van der Waals surface area contributed by atoms with Crippen molar-refractivity contribution < 1.29 is 13.2 Å². The van der Waals surface area contributed by atoms with E-state index in [-0.39, 0.29) is 12.3 Å². The van der Waals surface area contributed by atoms with E-state index in [9.17, 15) is 13.2 Å². The number of hydrogen-bond acceptors (Lipinski definition) is 3. The molecule has 0 saturated heterocycles. The van der Waals surface area contributed by atoms with Crippen LogP contribution in [-0.2, 0) is 20.6 Å². The van der Waals surface area contributed by atoms with Crippen molar-refractivity contribution in [2.45, 2.75) is 38.4 Å². The van der Waals surface area contributed by atoms with Gasteiger partial charge in [0.2, 0.25) is 15.9 Å². The van der Waals surface area contributed by atoms with Crippen LogP contribution in [0, 0.1) is 0 Å². The van der Waals surface area contributed by atoms with Crippen LogP contribution in [0.25, 0.3) is 0 Å². The highest BCUT2D eigenvalue weighted by atomic mass is 79.9. The van der Waals surface area contributed by atoms with E-state index < -0.39 is 15.9 Å². The Bertz CT molecular complexity index is 590. The van der Waals surface area contributed by atoms with Crippen molar-refractivity contribution in [1.82, 2.24) is 4.31 Å². The smallest absolute Gasteiger partial charge is 0.232 e. The van der Waals surface area contributed by atoms with Crippen molar-refractivity contribution in [2.75, 3.05) is 13.1 Å². The van der Waals surface area contributed by atoms with Crippen LogP contribution in [0.15, 0.2) is 28.7 Å².